The number of nitrogens with zero attached hydrogens (tertiary/aromatic N) is 2. The van der Waals surface area contributed by atoms with E-state index in [1.807, 2.05) is 30.3 Å². The average Bonchev–Trinajstić information content (AvgIpc) is 3.19. The van der Waals surface area contributed by atoms with Crippen LogP contribution in [0.1, 0.15) is 47.7 Å². The smallest absolute Gasteiger partial charge is 0.310 e. The summed E-state index contributed by atoms with van der Waals surface area (Å²) in [5, 5.41) is 0. The van der Waals surface area contributed by atoms with Crippen molar-refractivity contribution in [2.45, 2.75) is 32.2 Å². The van der Waals surface area contributed by atoms with Gasteiger partial charge in [-0.15, -0.1) is 0 Å². The molecule has 2 atom stereocenters. The molecule has 7 nitrogen and oxygen atoms in total. The van der Waals surface area contributed by atoms with Crippen LogP contribution >= 0.6 is 0 Å². The van der Waals surface area contributed by atoms with Crippen molar-refractivity contribution in [1.29, 1.82) is 0 Å². The lowest BCUT2D eigenvalue weighted by Gasteiger charge is -2.30. The maximum atomic E-state index is 12.7. The zero-order chi connectivity index (χ0) is 19.2. The first-order valence-corrected chi connectivity index (χ1v) is 9.29. The third-order valence-corrected chi connectivity index (χ3v) is 4.69. The summed E-state index contributed by atoms with van der Waals surface area (Å²) >= 11 is 0. The largest absolute Gasteiger partial charge is 0.466 e. The van der Waals surface area contributed by atoms with Crippen LogP contribution in [0.3, 0.4) is 0 Å². The summed E-state index contributed by atoms with van der Waals surface area (Å²) in [6, 6.07) is 9.38. The van der Waals surface area contributed by atoms with E-state index in [1.165, 1.54) is 6.26 Å². The number of hydrogen-bond acceptors (Lipinski definition) is 6. The number of ether oxygens (including phenoxy) is 1. The Morgan fingerprint density at radius 3 is 2.89 bits per heavy atom. The maximum Gasteiger partial charge on any atom is 0.310 e. The molecule has 0 spiro atoms. The van der Waals surface area contributed by atoms with Gasteiger partial charge in [0.2, 0.25) is 5.89 Å². The number of oxazole rings is 1. The van der Waals surface area contributed by atoms with Gasteiger partial charge in [-0.2, -0.15) is 0 Å². The van der Waals surface area contributed by atoms with Crippen molar-refractivity contribution >= 4 is 11.9 Å². The zero-order valence-electron chi connectivity index (χ0n) is 15.5. The van der Waals surface area contributed by atoms with Crippen LogP contribution in [0.4, 0.5) is 0 Å². The van der Waals surface area contributed by atoms with Crippen molar-refractivity contribution in [3.8, 4) is 0 Å². The van der Waals surface area contributed by atoms with E-state index in [0.29, 0.717) is 32.0 Å². The number of nitrogens with two attached hydrogens (primary N) is 1. The molecule has 2 heterocycles. The second-order valence-electron chi connectivity index (χ2n) is 6.71. The molecule has 27 heavy (non-hydrogen) atoms. The number of esters is 1. The highest BCUT2D eigenvalue weighted by atomic mass is 16.5. The quantitative estimate of drug-likeness (QED) is 0.783. The number of hydrogen-bond donors (Lipinski definition) is 1. The van der Waals surface area contributed by atoms with Gasteiger partial charge in [-0.05, 0) is 31.7 Å². The summed E-state index contributed by atoms with van der Waals surface area (Å²) in [6.45, 7) is 3.05. The van der Waals surface area contributed by atoms with E-state index in [0.717, 1.165) is 18.4 Å². The maximum absolute atomic E-state index is 12.7. The first kappa shape index (κ1) is 19.1. The fraction of sp³-hybridized carbons (Fsp3) is 0.450. The Morgan fingerprint density at radius 2 is 2.15 bits per heavy atom. The average molecular weight is 371 g/mol. The fourth-order valence-corrected chi connectivity index (χ4v) is 3.29. The van der Waals surface area contributed by atoms with Crippen molar-refractivity contribution < 1.29 is 18.7 Å². The summed E-state index contributed by atoms with van der Waals surface area (Å²) in [5.41, 5.74) is 7.47. The van der Waals surface area contributed by atoms with Gasteiger partial charge in [0.25, 0.3) is 5.91 Å². The predicted molar refractivity (Wildman–Crippen MR) is 98.8 cm³/mol. The third-order valence-electron chi connectivity index (χ3n) is 4.69. The molecule has 7 heteroatoms. The van der Waals surface area contributed by atoms with Crippen LogP contribution in [0.25, 0.3) is 0 Å². The molecule has 0 radical (unpaired) electrons. The Labute approximate surface area is 158 Å². The van der Waals surface area contributed by atoms with E-state index in [2.05, 4.69) is 4.98 Å². The molecule has 0 bridgehead atoms. The van der Waals surface area contributed by atoms with Crippen LogP contribution in [0, 0.1) is 5.92 Å². The predicted octanol–water partition coefficient (Wildman–Crippen LogP) is 2.33. The Hall–Kier alpha value is -2.67. The molecule has 1 amide bonds. The van der Waals surface area contributed by atoms with Crippen LogP contribution in [0.2, 0.25) is 0 Å². The monoisotopic (exact) mass is 371 g/mol. The van der Waals surface area contributed by atoms with E-state index in [4.69, 9.17) is 14.9 Å². The van der Waals surface area contributed by atoms with E-state index in [1.54, 1.807) is 11.8 Å². The molecule has 0 saturated carbocycles. The Kier molecular flexibility index (Phi) is 6.24. The second-order valence-corrected chi connectivity index (χ2v) is 6.71. The van der Waals surface area contributed by atoms with Crippen LogP contribution < -0.4 is 5.73 Å². The number of piperidine rings is 1. The lowest BCUT2D eigenvalue weighted by atomic mass is 9.98. The van der Waals surface area contributed by atoms with Crippen molar-refractivity contribution in [3.05, 3.63) is 53.7 Å². The number of carbonyl (C=O) groups excluding carboxylic acids is 2. The minimum Gasteiger partial charge on any atom is -0.466 e. The molecule has 1 saturated heterocycles. The third kappa shape index (κ3) is 4.74. The lowest BCUT2D eigenvalue weighted by molar-refractivity contribution is -0.149. The van der Waals surface area contributed by atoms with Crippen molar-refractivity contribution in [1.82, 2.24) is 9.88 Å². The first-order chi connectivity index (χ1) is 13.1. The molecular formula is C20H25N3O4. The van der Waals surface area contributed by atoms with Gasteiger partial charge in [-0.1, -0.05) is 30.3 Å². The van der Waals surface area contributed by atoms with E-state index < -0.39 is 6.04 Å². The number of rotatable bonds is 6. The summed E-state index contributed by atoms with van der Waals surface area (Å²) < 4.78 is 10.5. The van der Waals surface area contributed by atoms with Crippen molar-refractivity contribution in [2.75, 3.05) is 19.7 Å². The van der Waals surface area contributed by atoms with Crippen molar-refractivity contribution in [2.24, 2.45) is 11.7 Å². The topological polar surface area (TPSA) is 98.7 Å². The Morgan fingerprint density at radius 1 is 1.37 bits per heavy atom. The molecular weight excluding hydrogens is 346 g/mol. The van der Waals surface area contributed by atoms with Gasteiger partial charge in [0.05, 0.1) is 18.6 Å². The fourth-order valence-electron chi connectivity index (χ4n) is 3.29. The molecule has 1 aliphatic rings. The number of benzene rings is 1. The standard InChI is InChI=1S/C20H25N3O4/c1-2-26-20(25)15-9-6-10-23(12-15)19(24)17-13-27-18(22-17)16(21)11-14-7-4-3-5-8-14/h3-5,7-8,13,15-16H,2,6,9-12,21H2,1H3. The second kappa shape index (κ2) is 8.81. The van der Waals surface area contributed by atoms with Gasteiger partial charge < -0.3 is 19.8 Å². The molecule has 2 unspecified atom stereocenters. The van der Waals surface area contributed by atoms with E-state index >= 15 is 0 Å². The van der Waals surface area contributed by atoms with Crippen LogP contribution in [0.5, 0.6) is 0 Å². The van der Waals surface area contributed by atoms with E-state index in [9.17, 15) is 9.59 Å². The first-order valence-electron chi connectivity index (χ1n) is 9.29. The highest BCUT2D eigenvalue weighted by Gasteiger charge is 2.31. The number of carbonyl (C=O) groups is 2. The number of amides is 1. The van der Waals surface area contributed by atoms with Gasteiger partial charge in [0.15, 0.2) is 5.69 Å². The molecule has 2 aromatic rings. The van der Waals surface area contributed by atoms with Gasteiger partial charge in [0, 0.05) is 13.1 Å². The molecule has 2 N–H and O–H groups in total. The molecule has 1 aromatic carbocycles. The molecule has 1 fully saturated rings. The van der Waals surface area contributed by atoms with Crippen LogP contribution in [-0.2, 0) is 16.0 Å². The van der Waals surface area contributed by atoms with Gasteiger partial charge in [0.1, 0.15) is 6.26 Å². The normalized spacial score (nSPS) is 18.1. The zero-order valence-corrected chi connectivity index (χ0v) is 15.5. The highest BCUT2D eigenvalue weighted by molar-refractivity contribution is 5.92. The van der Waals surface area contributed by atoms with Gasteiger partial charge >= 0.3 is 5.97 Å². The summed E-state index contributed by atoms with van der Waals surface area (Å²) in [6.07, 6.45) is 3.40. The van der Waals surface area contributed by atoms with Gasteiger partial charge in [-0.3, -0.25) is 9.59 Å². The summed E-state index contributed by atoms with van der Waals surface area (Å²) in [7, 11) is 0. The Balaban J connectivity index is 1.63. The summed E-state index contributed by atoms with van der Waals surface area (Å²) in [4.78, 5) is 30.6. The van der Waals surface area contributed by atoms with Gasteiger partial charge in [-0.25, -0.2) is 4.98 Å². The number of likely N-dealkylation sites (tertiary alicyclic amines) is 1. The minimum absolute atomic E-state index is 0.220. The van der Waals surface area contributed by atoms with Crippen LogP contribution in [0.15, 0.2) is 41.0 Å². The summed E-state index contributed by atoms with van der Waals surface area (Å²) in [5.74, 6) is -0.442. The SMILES string of the molecule is CCOC(=O)C1CCCN(C(=O)c2coc(C(N)Cc3ccccc3)n2)C1. The molecule has 1 aliphatic heterocycles. The lowest BCUT2D eigenvalue weighted by Crippen LogP contribution is -2.43. The number of aromatic nitrogens is 1. The molecule has 0 aliphatic carbocycles. The molecule has 1 aromatic heterocycles. The van der Waals surface area contributed by atoms with E-state index in [-0.39, 0.29) is 23.5 Å². The highest BCUT2D eigenvalue weighted by Crippen LogP contribution is 2.21. The van der Waals surface area contributed by atoms with Crippen molar-refractivity contribution in [3.63, 3.8) is 0 Å². The molecule has 3 rings (SSSR count). The minimum atomic E-state index is -0.428. The van der Waals surface area contributed by atoms with Crippen LogP contribution in [-0.4, -0.2) is 41.5 Å². The molecule has 144 valence electrons. The Bertz CT molecular complexity index is 775.